The van der Waals surface area contributed by atoms with E-state index in [-0.39, 0.29) is 12.1 Å². The third kappa shape index (κ3) is 3.94. The van der Waals surface area contributed by atoms with Crippen LogP contribution in [0.5, 0.6) is 0 Å². The number of rotatable bonds is 6. The fraction of sp³-hybridized carbons (Fsp3) is 0.844. The summed E-state index contributed by atoms with van der Waals surface area (Å²) in [4.78, 5) is 11.7. The van der Waals surface area contributed by atoms with Crippen molar-refractivity contribution in [1.29, 1.82) is 0 Å². The number of hydrogen-bond donors (Lipinski definition) is 0. The Labute approximate surface area is 210 Å². The summed E-state index contributed by atoms with van der Waals surface area (Å²) >= 11 is 0. The minimum Gasteiger partial charge on any atom is -0.462 e. The number of esters is 1. The standard InChI is InChI=1S/C32H52O2/c1-20(2)21(3)10-11-22(4)25-14-18-32(9)28-13-12-26-23(5)29(34-24(6)33)16-17-30(26,7)27(28)15-19-31(25,32)8/h21-23,25-26,29H,1,10-19H2,2-9H3/t21-,22-,23+,25-,26+,29+,30+,31-,32+/m1/s1. The zero-order valence-corrected chi connectivity index (χ0v) is 23.6. The number of fused-ring (bicyclic) bond motifs is 4. The second-order valence-electron chi connectivity index (χ2n) is 13.8. The van der Waals surface area contributed by atoms with Gasteiger partial charge in [-0.05, 0) is 117 Å². The van der Waals surface area contributed by atoms with Crippen LogP contribution in [0.2, 0.25) is 0 Å². The van der Waals surface area contributed by atoms with Crippen molar-refractivity contribution in [2.24, 2.45) is 45.8 Å². The molecule has 4 aliphatic rings. The van der Waals surface area contributed by atoms with Gasteiger partial charge in [0.15, 0.2) is 0 Å². The minimum atomic E-state index is -0.110. The van der Waals surface area contributed by atoms with Crippen molar-refractivity contribution >= 4 is 5.97 Å². The van der Waals surface area contributed by atoms with Gasteiger partial charge >= 0.3 is 5.97 Å². The second-order valence-corrected chi connectivity index (χ2v) is 13.8. The van der Waals surface area contributed by atoms with Gasteiger partial charge in [-0.2, -0.15) is 0 Å². The molecule has 2 saturated carbocycles. The summed E-state index contributed by atoms with van der Waals surface area (Å²) in [6, 6.07) is 0. The molecular weight excluding hydrogens is 416 g/mol. The molecule has 0 spiro atoms. The van der Waals surface area contributed by atoms with Crippen LogP contribution in [-0.2, 0) is 9.53 Å². The average Bonchev–Trinajstić information content (AvgIpc) is 3.05. The molecule has 4 rings (SSSR count). The highest BCUT2D eigenvalue weighted by atomic mass is 16.5. The van der Waals surface area contributed by atoms with Crippen molar-refractivity contribution in [3.8, 4) is 0 Å². The van der Waals surface area contributed by atoms with Gasteiger partial charge in [0.2, 0.25) is 0 Å². The molecule has 0 aromatic heterocycles. The van der Waals surface area contributed by atoms with Crippen LogP contribution in [0.4, 0.5) is 0 Å². The monoisotopic (exact) mass is 468 g/mol. The third-order valence-electron chi connectivity index (χ3n) is 12.2. The molecule has 4 aliphatic carbocycles. The molecule has 2 heteroatoms. The molecule has 9 atom stereocenters. The first kappa shape index (κ1) is 26.0. The topological polar surface area (TPSA) is 26.3 Å². The van der Waals surface area contributed by atoms with Gasteiger partial charge in [-0.15, -0.1) is 0 Å². The molecule has 0 heterocycles. The Morgan fingerprint density at radius 2 is 1.71 bits per heavy atom. The van der Waals surface area contributed by atoms with Crippen molar-refractivity contribution in [1.82, 2.24) is 0 Å². The molecule has 0 aromatic rings. The quantitative estimate of drug-likeness (QED) is 0.287. The van der Waals surface area contributed by atoms with Crippen LogP contribution in [0.25, 0.3) is 0 Å². The van der Waals surface area contributed by atoms with E-state index in [0.29, 0.717) is 34.0 Å². The molecular formula is C32H52O2. The largest absolute Gasteiger partial charge is 0.462 e. The maximum Gasteiger partial charge on any atom is 0.302 e. The van der Waals surface area contributed by atoms with Crippen molar-refractivity contribution in [2.75, 3.05) is 0 Å². The molecule has 0 aliphatic heterocycles. The second kappa shape index (κ2) is 9.11. The Balaban J connectivity index is 1.58. The normalized spacial score (nSPS) is 43.4. The molecule has 0 aromatic carbocycles. The Morgan fingerprint density at radius 1 is 1.00 bits per heavy atom. The highest BCUT2D eigenvalue weighted by Gasteiger charge is 2.62. The summed E-state index contributed by atoms with van der Waals surface area (Å²) in [6.07, 6.45) is 12.9. The number of carbonyl (C=O) groups is 1. The predicted octanol–water partition coefficient (Wildman–Crippen LogP) is 8.91. The van der Waals surface area contributed by atoms with E-state index >= 15 is 0 Å². The van der Waals surface area contributed by atoms with Crippen LogP contribution in [0.3, 0.4) is 0 Å². The lowest BCUT2D eigenvalue weighted by atomic mass is 9.45. The molecule has 0 N–H and O–H groups in total. The van der Waals surface area contributed by atoms with Crippen LogP contribution in [0.1, 0.15) is 120 Å². The molecule has 2 fully saturated rings. The maximum atomic E-state index is 11.7. The number of hydrogen-bond acceptors (Lipinski definition) is 2. The van der Waals surface area contributed by atoms with E-state index in [0.717, 1.165) is 18.3 Å². The van der Waals surface area contributed by atoms with Crippen LogP contribution in [0.15, 0.2) is 23.3 Å². The first-order valence-corrected chi connectivity index (χ1v) is 14.4. The SMILES string of the molecule is C=C(C)[C@H](C)CC[C@@H](C)[C@H]1CC[C@@]2(C)C3=C(CC[C@]12C)[C@@]1(C)CC[C@H](OC(C)=O)[C@@H](C)[C@@H]1CC3. The zero-order chi connectivity index (χ0) is 25.1. The van der Waals surface area contributed by atoms with E-state index in [2.05, 4.69) is 55.0 Å². The summed E-state index contributed by atoms with van der Waals surface area (Å²) in [7, 11) is 0. The molecule has 0 radical (unpaired) electrons. The first-order chi connectivity index (χ1) is 15.8. The van der Waals surface area contributed by atoms with Gasteiger partial charge in [-0.3, -0.25) is 4.79 Å². The van der Waals surface area contributed by atoms with Crippen LogP contribution in [-0.4, -0.2) is 12.1 Å². The van der Waals surface area contributed by atoms with Gasteiger partial charge < -0.3 is 4.74 Å². The first-order valence-electron chi connectivity index (χ1n) is 14.4. The highest BCUT2D eigenvalue weighted by molar-refractivity contribution is 5.66. The molecule has 0 saturated heterocycles. The lowest BCUT2D eigenvalue weighted by Gasteiger charge is -2.60. The van der Waals surface area contributed by atoms with Crippen molar-refractivity contribution in [3.63, 3.8) is 0 Å². The van der Waals surface area contributed by atoms with E-state index in [1.54, 1.807) is 6.92 Å². The van der Waals surface area contributed by atoms with Crippen molar-refractivity contribution in [3.05, 3.63) is 23.3 Å². The number of allylic oxidation sites excluding steroid dienone is 3. The molecule has 0 unspecified atom stereocenters. The zero-order valence-electron chi connectivity index (χ0n) is 23.6. The Bertz CT molecular complexity index is 853. The van der Waals surface area contributed by atoms with Gasteiger partial charge in [0.05, 0.1) is 0 Å². The smallest absolute Gasteiger partial charge is 0.302 e. The van der Waals surface area contributed by atoms with Crippen LogP contribution in [0, 0.1) is 45.8 Å². The van der Waals surface area contributed by atoms with Gasteiger partial charge in [-0.1, -0.05) is 64.8 Å². The lowest BCUT2D eigenvalue weighted by Crippen LogP contribution is -2.52. The van der Waals surface area contributed by atoms with Gasteiger partial charge in [0.1, 0.15) is 6.10 Å². The summed E-state index contributed by atoms with van der Waals surface area (Å²) in [5.41, 5.74) is 6.13. The summed E-state index contributed by atoms with van der Waals surface area (Å²) in [5, 5.41) is 0. The molecule has 2 nitrogen and oxygen atoms in total. The minimum absolute atomic E-state index is 0.110. The fourth-order valence-corrected chi connectivity index (χ4v) is 9.58. The van der Waals surface area contributed by atoms with Gasteiger partial charge in [-0.25, -0.2) is 0 Å². The predicted molar refractivity (Wildman–Crippen MR) is 142 cm³/mol. The van der Waals surface area contributed by atoms with Crippen molar-refractivity contribution < 1.29 is 9.53 Å². The van der Waals surface area contributed by atoms with Crippen molar-refractivity contribution in [2.45, 2.75) is 126 Å². The molecule has 192 valence electrons. The van der Waals surface area contributed by atoms with E-state index < -0.39 is 0 Å². The van der Waals surface area contributed by atoms with Crippen LogP contribution >= 0.6 is 0 Å². The maximum absolute atomic E-state index is 11.7. The summed E-state index contributed by atoms with van der Waals surface area (Å²) in [6.45, 7) is 23.1. The number of carbonyl (C=O) groups excluding carboxylic acids is 1. The Kier molecular flexibility index (Phi) is 6.98. The fourth-order valence-electron chi connectivity index (χ4n) is 9.58. The lowest BCUT2D eigenvalue weighted by molar-refractivity contribution is -0.155. The molecule has 0 amide bonds. The summed E-state index contributed by atoms with van der Waals surface area (Å²) < 4.78 is 5.77. The van der Waals surface area contributed by atoms with E-state index in [9.17, 15) is 4.79 Å². The highest BCUT2D eigenvalue weighted by Crippen LogP contribution is 2.71. The van der Waals surface area contributed by atoms with Gasteiger partial charge in [0, 0.05) is 6.92 Å². The molecule has 34 heavy (non-hydrogen) atoms. The summed E-state index contributed by atoms with van der Waals surface area (Å²) in [5.74, 6) is 3.28. The van der Waals surface area contributed by atoms with E-state index in [4.69, 9.17) is 4.74 Å². The van der Waals surface area contributed by atoms with Crippen LogP contribution < -0.4 is 0 Å². The Hall–Kier alpha value is -1.05. The number of ether oxygens (including phenoxy) is 1. The van der Waals surface area contributed by atoms with E-state index in [1.807, 2.05) is 11.1 Å². The van der Waals surface area contributed by atoms with Gasteiger partial charge in [0.25, 0.3) is 0 Å². The average molecular weight is 469 g/mol. The van der Waals surface area contributed by atoms with E-state index in [1.165, 1.54) is 63.4 Å². The third-order valence-corrected chi connectivity index (χ3v) is 12.2. The Morgan fingerprint density at radius 3 is 2.35 bits per heavy atom. The molecule has 0 bridgehead atoms.